The van der Waals surface area contributed by atoms with Gasteiger partial charge in [0, 0.05) is 32.7 Å². The third-order valence-corrected chi connectivity index (χ3v) is 3.51. The Labute approximate surface area is 112 Å². The molecule has 1 aromatic rings. The van der Waals surface area contributed by atoms with E-state index in [-0.39, 0.29) is 6.61 Å². The highest BCUT2D eigenvalue weighted by molar-refractivity contribution is 6.33. The number of benzene rings is 1. The fourth-order valence-corrected chi connectivity index (χ4v) is 2.49. The lowest BCUT2D eigenvalue weighted by Crippen LogP contribution is -2.47. The van der Waals surface area contributed by atoms with Crippen molar-refractivity contribution in [1.82, 2.24) is 4.90 Å². The summed E-state index contributed by atoms with van der Waals surface area (Å²) in [6.45, 7) is 4.58. The van der Waals surface area contributed by atoms with E-state index in [4.69, 9.17) is 22.0 Å². The molecule has 0 spiro atoms. The van der Waals surface area contributed by atoms with Crippen LogP contribution in [0.25, 0.3) is 0 Å². The third kappa shape index (κ3) is 2.94. The highest BCUT2D eigenvalue weighted by Crippen LogP contribution is 2.27. The minimum absolute atomic E-state index is 0.206. The molecule has 0 aromatic heterocycles. The van der Waals surface area contributed by atoms with E-state index < -0.39 is 0 Å². The van der Waals surface area contributed by atoms with Gasteiger partial charge in [0.2, 0.25) is 0 Å². The van der Waals surface area contributed by atoms with E-state index in [0.717, 1.165) is 38.4 Å². The standard InChI is InChI=1S/C13H16ClN3O/c14-12-9-11(10-15)1-2-13(12)17-5-3-16(4-6-17)7-8-18/h1-2,9,18H,3-8H2. The molecule has 5 heteroatoms. The topological polar surface area (TPSA) is 50.5 Å². The predicted octanol–water partition coefficient (Wildman–Crippen LogP) is 1.33. The van der Waals surface area contributed by atoms with Gasteiger partial charge in [0.25, 0.3) is 0 Å². The lowest BCUT2D eigenvalue weighted by molar-refractivity contribution is 0.189. The molecular formula is C13H16ClN3O. The van der Waals surface area contributed by atoms with Crippen LogP contribution in [-0.4, -0.2) is 49.3 Å². The van der Waals surface area contributed by atoms with Gasteiger partial charge in [-0.3, -0.25) is 4.90 Å². The van der Waals surface area contributed by atoms with E-state index in [9.17, 15) is 0 Å². The van der Waals surface area contributed by atoms with Gasteiger partial charge in [0.15, 0.2) is 0 Å². The number of anilines is 1. The predicted molar refractivity (Wildman–Crippen MR) is 71.9 cm³/mol. The van der Waals surface area contributed by atoms with Gasteiger partial charge in [-0.25, -0.2) is 0 Å². The second-order valence-corrected chi connectivity index (χ2v) is 4.74. The molecule has 1 saturated heterocycles. The van der Waals surface area contributed by atoms with Crippen molar-refractivity contribution >= 4 is 17.3 Å². The van der Waals surface area contributed by atoms with Crippen molar-refractivity contribution in [3.63, 3.8) is 0 Å². The molecule has 0 atom stereocenters. The van der Waals surface area contributed by atoms with Crippen molar-refractivity contribution in [2.45, 2.75) is 0 Å². The Morgan fingerprint density at radius 2 is 2.00 bits per heavy atom. The molecule has 4 nitrogen and oxygen atoms in total. The van der Waals surface area contributed by atoms with Crippen LogP contribution in [0.3, 0.4) is 0 Å². The highest BCUT2D eigenvalue weighted by atomic mass is 35.5. The Morgan fingerprint density at radius 1 is 1.28 bits per heavy atom. The van der Waals surface area contributed by atoms with E-state index in [0.29, 0.717) is 10.6 Å². The van der Waals surface area contributed by atoms with Crippen LogP contribution in [-0.2, 0) is 0 Å². The molecule has 1 N–H and O–H groups in total. The van der Waals surface area contributed by atoms with Crippen LogP contribution in [0.2, 0.25) is 5.02 Å². The number of β-amino-alcohol motifs (C(OH)–C–C–N with tert-alkyl or cyclic N) is 1. The molecule has 2 rings (SSSR count). The summed E-state index contributed by atoms with van der Waals surface area (Å²) < 4.78 is 0. The van der Waals surface area contributed by atoms with Crippen LogP contribution in [0.1, 0.15) is 5.56 Å². The number of nitrogens with zero attached hydrogens (tertiary/aromatic N) is 3. The Bertz CT molecular complexity index is 450. The molecule has 18 heavy (non-hydrogen) atoms. The number of nitriles is 1. The first-order valence-corrected chi connectivity index (χ1v) is 6.40. The zero-order valence-electron chi connectivity index (χ0n) is 10.1. The summed E-state index contributed by atoms with van der Waals surface area (Å²) in [7, 11) is 0. The second kappa shape index (κ2) is 6.05. The van der Waals surface area contributed by atoms with Crippen LogP contribution < -0.4 is 4.90 Å². The summed E-state index contributed by atoms with van der Waals surface area (Å²) in [6, 6.07) is 7.49. The zero-order valence-corrected chi connectivity index (χ0v) is 10.9. The minimum atomic E-state index is 0.206. The van der Waals surface area contributed by atoms with E-state index in [1.165, 1.54) is 0 Å². The summed E-state index contributed by atoms with van der Waals surface area (Å²) >= 11 is 6.19. The lowest BCUT2D eigenvalue weighted by Gasteiger charge is -2.36. The number of rotatable bonds is 3. The molecule has 96 valence electrons. The largest absolute Gasteiger partial charge is 0.395 e. The van der Waals surface area contributed by atoms with E-state index in [1.54, 1.807) is 12.1 Å². The van der Waals surface area contributed by atoms with Gasteiger partial charge in [0.05, 0.1) is 28.9 Å². The van der Waals surface area contributed by atoms with Crippen molar-refractivity contribution in [3.8, 4) is 6.07 Å². The molecule has 1 aliphatic heterocycles. The fourth-order valence-electron chi connectivity index (χ4n) is 2.19. The van der Waals surface area contributed by atoms with Gasteiger partial charge in [-0.05, 0) is 18.2 Å². The summed E-state index contributed by atoms with van der Waals surface area (Å²) in [6.07, 6.45) is 0. The molecule has 1 fully saturated rings. The second-order valence-electron chi connectivity index (χ2n) is 4.33. The molecule has 0 aliphatic carbocycles. The summed E-state index contributed by atoms with van der Waals surface area (Å²) in [5, 5.41) is 18.3. The Balaban J connectivity index is 2.04. The Kier molecular flexibility index (Phi) is 4.43. The van der Waals surface area contributed by atoms with Gasteiger partial charge in [0.1, 0.15) is 0 Å². The molecule has 0 saturated carbocycles. The number of hydrogen-bond acceptors (Lipinski definition) is 4. The van der Waals surface area contributed by atoms with Crippen LogP contribution in [0.5, 0.6) is 0 Å². The highest BCUT2D eigenvalue weighted by Gasteiger charge is 2.18. The number of aliphatic hydroxyl groups excluding tert-OH is 1. The molecule has 0 radical (unpaired) electrons. The first-order chi connectivity index (χ1) is 8.74. The first kappa shape index (κ1) is 13.2. The normalized spacial score (nSPS) is 16.6. The number of halogens is 1. The number of aliphatic hydroxyl groups is 1. The minimum Gasteiger partial charge on any atom is -0.395 e. The molecule has 0 bridgehead atoms. The van der Waals surface area contributed by atoms with Crippen LogP contribution in [0.15, 0.2) is 18.2 Å². The smallest absolute Gasteiger partial charge is 0.0992 e. The molecule has 1 heterocycles. The van der Waals surface area contributed by atoms with Crippen molar-refractivity contribution in [2.75, 3.05) is 44.2 Å². The van der Waals surface area contributed by atoms with E-state index in [2.05, 4.69) is 15.9 Å². The van der Waals surface area contributed by atoms with Crippen LogP contribution >= 0.6 is 11.6 Å². The SMILES string of the molecule is N#Cc1ccc(N2CCN(CCO)CC2)c(Cl)c1. The van der Waals surface area contributed by atoms with Crippen molar-refractivity contribution in [2.24, 2.45) is 0 Å². The maximum atomic E-state index is 8.90. The van der Waals surface area contributed by atoms with Crippen molar-refractivity contribution < 1.29 is 5.11 Å². The summed E-state index contributed by atoms with van der Waals surface area (Å²) in [4.78, 5) is 4.45. The number of piperazine rings is 1. The Morgan fingerprint density at radius 3 is 2.56 bits per heavy atom. The van der Waals surface area contributed by atoms with E-state index >= 15 is 0 Å². The zero-order chi connectivity index (χ0) is 13.0. The lowest BCUT2D eigenvalue weighted by atomic mass is 10.2. The van der Waals surface area contributed by atoms with Gasteiger partial charge in [-0.2, -0.15) is 5.26 Å². The van der Waals surface area contributed by atoms with Crippen molar-refractivity contribution in [1.29, 1.82) is 5.26 Å². The average Bonchev–Trinajstić information content (AvgIpc) is 2.40. The van der Waals surface area contributed by atoms with Crippen LogP contribution in [0.4, 0.5) is 5.69 Å². The van der Waals surface area contributed by atoms with Gasteiger partial charge in [-0.1, -0.05) is 11.6 Å². The maximum Gasteiger partial charge on any atom is 0.0992 e. The summed E-state index contributed by atoms with van der Waals surface area (Å²) in [5.74, 6) is 0. The van der Waals surface area contributed by atoms with E-state index in [1.807, 2.05) is 6.07 Å². The summed E-state index contributed by atoms with van der Waals surface area (Å²) in [5.41, 5.74) is 1.57. The average molecular weight is 266 g/mol. The van der Waals surface area contributed by atoms with Gasteiger partial charge in [-0.15, -0.1) is 0 Å². The number of hydrogen-bond donors (Lipinski definition) is 1. The van der Waals surface area contributed by atoms with Crippen LogP contribution in [0, 0.1) is 11.3 Å². The Hall–Kier alpha value is -1.28. The van der Waals surface area contributed by atoms with Crippen molar-refractivity contribution in [3.05, 3.63) is 28.8 Å². The molecule has 1 aromatic carbocycles. The van der Waals surface area contributed by atoms with Gasteiger partial charge < -0.3 is 10.0 Å². The molecular weight excluding hydrogens is 250 g/mol. The monoisotopic (exact) mass is 265 g/mol. The molecule has 1 aliphatic rings. The third-order valence-electron chi connectivity index (χ3n) is 3.21. The first-order valence-electron chi connectivity index (χ1n) is 6.02. The molecule has 0 unspecified atom stereocenters. The maximum absolute atomic E-state index is 8.90. The fraction of sp³-hybridized carbons (Fsp3) is 0.462. The molecule has 0 amide bonds. The van der Waals surface area contributed by atoms with Gasteiger partial charge >= 0.3 is 0 Å². The quantitative estimate of drug-likeness (QED) is 0.896.